The van der Waals surface area contributed by atoms with E-state index in [2.05, 4.69) is 45.6 Å². The van der Waals surface area contributed by atoms with Crippen LogP contribution in [0.5, 0.6) is 0 Å². The van der Waals surface area contributed by atoms with Gasteiger partial charge in [0, 0.05) is 12.0 Å². The lowest BCUT2D eigenvalue weighted by Crippen LogP contribution is -2.41. The molecule has 1 aromatic carbocycles. The molecule has 0 saturated heterocycles. The van der Waals surface area contributed by atoms with Gasteiger partial charge < -0.3 is 5.32 Å². The van der Waals surface area contributed by atoms with Gasteiger partial charge in [-0.25, -0.2) is 9.97 Å². The van der Waals surface area contributed by atoms with Crippen molar-refractivity contribution in [2.24, 2.45) is 0 Å². The van der Waals surface area contributed by atoms with E-state index in [0.29, 0.717) is 5.69 Å². The maximum absolute atomic E-state index is 8.71. The highest BCUT2D eigenvalue weighted by atomic mass is 15.0. The third-order valence-electron chi connectivity index (χ3n) is 4.07. The van der Waals surface area contributed by atoms with Crippen molar-refractivity contribution in [1.29, 1.82) is 5.26 Å². The first kappa shape index (κ1) is 12.6. The molecule has 0 bridgehead atoms. The van der Waals surface area contributed by atoms with Gasteiger partial charge in [0.2, 0.25) is 0 Å². The number of nitriles is 1. The molecule has 20 heavy (non-hydrogen) atoms. The van der Waals surface area contributed by atoms with E-state index in [-0.39, 0.29) is 5.41 Å². The van der Waals surface area contributed by atoms with Crippen LogP contribution in [0, 0.1) is 11.3 Å². The molecule has 3 rings (SSSR count). The monoisotopic (exact) mass is 264 g/mol. The third-order valence-corrected chi connectivity index (χ3v) is 4.07. The van der Waals surface area contributed by atoms with Crippen molar-refractivity contribution in [2.45, 2.75) is 24.7 Å². The first-order valence-corrected chi connectivity index (χ1v) is 6.84. The molecule has 0 spiro atoms. The zero-order valence-electron chi connectivity index (χ0n) is 11.2. The average molecular weight is 264 g/mol. The molecular weight excluding hydrogens is 248 g/mol. The molecule has 0 amide bonds. The second-order valence-electron chi connectivity index (χ2n) is 5.25. The van der Waals surface area contributed by atoms with Gasteiger partial charge >= 0.3 is 0 Å². The standard InChI is InChI=1S/C16H16N4/c17-9-14-10-19-15(11-18-14)20-12-16(7-4-8-16)13-5-2-1-3-6-13/h1-3,5-6,10-11H,4,7-8,12H2,(H,19,20). The molecule has 0 aliphatic heterocycles. The van der Waals surface area contributed by atoms with Crippen LogP contribution in [0.3, 0.4) is 0 Å². The molecular formula is C16H16N4. The molecule has 0 atom stereocenters. The number of benzene rings is 1. The summed E-state index contributed by atoms with van der Waals surface area (Å²) in [7, 11) is 0. The minimum atomic E-state index is 0.219. The number of rotatable bonds is 4. The van der Waals surface area contributed by atoms with Crippen molar-refractivity contribution in [1.82, 2.24) is 9.97 Å². The molecule has 1 aromatic heterocycles. The summed E-state index contributed by atoms with van der Waals surface area (Å²) in [6.45, 7) is 0.859. The predicted molar refractivity (Wildman–Crippen MR) is 77.2 cm³/mol. The molecule has 1 heterocycles. The van der Waals surface area contributed by atoms with Gasteiger partial charge in [0.1, 0.15) is 11.9 Å². The Hall–Kier alpha value is -2.41. The highest BCUT2D eigenvalue weighted by molar-refractivity contribution is 5.37. The molecule has 0 unspecified atom stereocenters. The number of hydrogen-bond donors (Lipinski definition) is 1. The number of anilines is 1. The van der Waals surface area contributed by atoms with Crippen LogP contribution in [0.15, 0.2) is 42.7 Å². The Bertz CT molecular complexity index is 609. The van der Waals surface area contributed by atoms with Crippen LogP contribution in [0.2, 0.25) is 0 Å². The largest absolute Gasteiger partial charge is 0.368 e. The van der Waals surface area contributed by atoms with Crippen LogP contribution in [0.25, 0.3) is 0 Å². The Kier molecular flexibility index (Phi) is 3.34. The minimum Gasteiger partial charge on any atom is -0.368 e. The Morgan fingerprint density at radius 1 is 1.15 bits per heavy atom. The molecule has 2 aromatic rings. The lowest BCUT2D eigenvalue weighted by Gasteiger charge is -2.42. The topological polar surface area (TPSA) is 61.6 Å². The summed E-state index contributed by atoms with van der Waals surface area (Å²) >= 11 is 0. The zero-order chi connectivity index (χ0) is 13.8. The Labute approximate surface area is 118 Å². The van der Waals surface area contributed by atoms with Crippen molar-refractivity contribution < 1.29 is 0 Å². The summed E-state index contributed by atoms with van der Waals surface area (Å²) in [5.41, 5.74) is 1.95. The van der Waals surface area contributed by atoms with E-state index in [9.17, 15) is 0 Å². The van der Waals surface area contributed by atoms with Gasteiger partial charge in [-0.2, -0.15) is 5.26 Å². The SMILES string of the molecule is N#Cc1cnc(NCC2(c3ccccc3)CCC2)cn1. The summed E-state index contributed by atoms with van der Waals surface area (Å²) in [5, 5.41) is 12.1. The van der Waals surface area contributed by atoms with Crippen LogP contribution in [0.4, 0.5) is 5.82 Å². The average Bonchev–Trinajstić information content (AvgIpc) is 2.48. The zero-order valence-corrected chi connectivity index (χ0v) is 11.2. The van der Waals surface area contributed by atoms with E-state index in [1.165, 1.54) is 31.0 Å². The van der Waals surface area contributed by atoms with Crippen LogP contribution in [0.1, 0.15) is 30.5 Å². The molecule has 1 aliphatic rings. The summed E-state index contributed by atoms with van der Waals surface area (Å²) in [5.74, 6) is 0.728. The molecule has 4 nitrogen and oxygen atoms in total. The van der Waals surface area contributed by atoms with E-state index in [1.54, 1.807) is 6.20 Å². The van der Waals surface area contributed by atoms with Crippen LogP contribution in [-0.2, 0) is 5.41 Å². The van der Waals surface area contributed by atoms with Gasteiger partial charge in [-0.05, 0) is 18.4 Å². The molecule has 0 radical (unpaired) electrons. The third kappa shape index (κ3) is 2.35. The Morgan fingerprint density at radius 2 is 1.95 bits per heavy atom. The first-order valence-electron chi connectivity index (χ1n) is 6.84. The van der Waals surface area contributed by atoms with E-state index in [4.69, 9.17) is 5.26 Å². The van der Waals surface area contributed by atoms with E-state index < -0.39 is 0 Å². The first-order chi connectivity index (χ1) is 9.82. The maximum Gasteiger partial charge on any atom is 0.158 e. The number of hydrogen-bond acceptors (Lipinski definition) is 4. The predicted octanol–water partition coefficient (Wildman–Crippen LogP) is 2.88. The number of aromatic nitrogens is 2. The summed E-state index contributed by atoms with van der Waals surface area (Å²) in [6, 6.07) is 12.6. The number of nitrogens with zero attached hydrogens (tertiary/aromatic N) is 3. The molecule has 100 valence electrons. The van der Waals surface area contributed by atoms with Gasteiger partial charge in [0.15, 0.2) is 5.69 Å². The fourth-order valence-electron chi connectivity index (χ4n) is 2.70. The fraction of sp³-hybridized carbons (Fsp3) is 0.312. The van der Waals surface area contributed by atoms with Crippen molar-refractivity contribution in [3.8, 4) is 6.07 Å². The molecule has 1 aliphatic carbocycles. The normalized spacial score (nSPS) is 15.9. The lowest BCUT2D eigenvalue weighted by atomic mass is 9.64. The molecule has 1 N–H and O–H groups in total. The van der Waals surface area contributed by atoms with E-state index in [0.717, 1.165) is 12.4 Å². The summed E-state index contributed by atoms with van der Waals surface area (Å²) in [4.78, 5) is 8.24. The molecule has 1 fully saturated rings. The highest BCUT2D eigenvalue weighted by Gasteiger charge is 2.38. The van der Waals surface area contributed by atoms with Crippen LogP contribution in [-0.4, -0.2) is 16.5 Å². The van der Waals surface area contributed by atoms with Crippen LogP contribution < -0.4 is 5.32 Å². The summed E-state index contributed by atoms with van der Waals surface area (Å²) in [6.07, 6.45) is 6.80. The van der Waals surface area contributed by atoms with Gasteiger partial charge in [-0.3, -0.25) is 0 Å². The second-order valence-corrected chi connectivity index (χ2v) is 5.25. The minimum absolute atomic E-state index is 0.219. The van der Waals surface area contributed by atoms with Crippen molar-refractivity contribution in [3.05, 3.63) is 54.0 Å². The van der Waals surface area contributed by atoms with Gasteiger partial charge in [0.25, 0.3) is 0 Å². The van der Waals surface area contributed by atoms with Gasteiger partial charge in [-0.1, -0.05) is 36.8 Å². The smallest absolute Gasteiger partial charge is 0.158 e. The van der Waals surface area contributed by atoms with Crippen molar-refractivity contribution in [3.63, 3.8) is 0 Å². The van der Waals surface area contributed by atoms with Crippen LogP contribution >= 0.6 is 0 Å². The van der Waals surface area contributed by atoms with E-state index >= 15 is 0 Å². The second kappa shape index (κ2) is 5.30. The number of nitrogens with one attached hydrogen (secondary N) is 1. The quantitative estimate of drug-likeness (QED) is 0.922. The Balaban J connectivity index is 1.71. The Morgan fingerprint density at radius 3 is 2.50 bits per heavy atom. The lowest BCUT2D eigenvalue weighted by molar-refractivity contribution is 0.260. The summed E-state index contributed by atoms with van der Waals surface area (Å²) < 4.78 is 0. The van der Waals surface area contributed by atoms with Gasteiger partial charge in [0.05, 0.1) is 12.4 Å². The molecule has 1 saturated carbocycles. The van der Waals surface area contributed by atoms with E-state index in [1.807, 2.05) is 6.07 Å². The molecule has 4 heteroatoms. The fourth-order valence-corrected chi connectivity index (χ4v) is 2.70. The van der Waals surface area contributed by atoms with Crippen molar-refractivity contribution >= 4 is 5.82 Å². The maximum atomic E-state index is 8.71. The van der Waals surface area contributed by atoms with Crippen molar-refractivity contribution in [2.75, 3.05) is 11.9 Å². The highest BCUT2D eigenvalue weighted by Crippen LogP contribution is 2.43. The van der Waals surface area contributed by atoms with Gasteiger partial charge in [-0.15, -0.1) is 0 Å².